The Balaban J connectivity index is 1.98. The van der Waals surface area contributed by atoms with Gasteiger partial charge in [0.25, 0.3) is 5.91 Å². The summed E-state index contributed by atoms with van der Waals surface area (Å²) in [5.41, 5.74) is 1.18. The Morgan fingerprint density at radius 2 is 2.19 bits per heavy atom. The Morgan fingerprint density at radius 1 is 1.43 bits per heavy atom. The van der Waals surface area contributed by atoms with Gasteiger partial charge in [-0.15, -0.1) is 0 Å². The Kier molecular flexibility index (Phi) is 5.38. The van der Waals surface area contributed by atoms with Crippen LogP contribution in [0.3, 0.4) is 0 Å². The molecule has 1 amide bonds. The summed E-state index contributed by atoms with van der Waals surface area (Å²) < 4.78 is 5.44. The average Bonchev–Trinajstić information content (AvgIpc) is 2.48. The van der Waals surface area contributed by atoms with Gasteiger partial charge in [0.15, 0.2) is 0 Å². The van der Waals surface area contributed by atoms with Gasteiger partial charge in [-0.2, -0.15) is 0 Å². The maximum Gasteiger partial charge on any atom is 0.251 e. The zero-order valence-corrected chi connectivity index (χ0v) is 12.3. The molecule has 0 aliphatic carbocycles. The SMILES string of the molecule is CC1(NC(=O)c2ccc(C#CCCO)cc2)CCCOC1. The van der Waals surface area contributed by atoms with Gasteiger partial charge >= 0.3 is 0 Å². The summed E-state index contributed by atoms with van der Waals surface area (Å²) >= 11 is 0. The van der Waals surface area contributed by atoms with E-state index in [9.17, 15) is 4.79 Å². The van der Waals surface area contributed by atoms with Crippen LogP contribution in [-0.2, 0) is 4.74 Å². The highest BCUT2D eigenvalue weighted by Gasteiger charge is 2.29. The molecule has 1 aromatic rings. The third kappa shape index (κ3) is 4.59. The minimum atomic E-state index is -0.283. The number of nitrogens with one attached hydrogen (secondary N) is 1. The van der Waals surface area contributed by atoms with Crippen molar-refractivity contribution in [2.45, 2.75) is 31.7 Å². The molecule has 4 nitrogen and oxygen atoms in total. The van der Waals surface area contributed by atoms with Crippen LogP contribution in [0.2, 0.25) is 0 Å². The van der Waals surface area contributed by atoms with Gasteiger partial charge in [-0.3, -0.25) is 4.79 Å². The van der Waals surface area contributed by atoms with Crippen LogP contribution in [0, 0.1) is 11.8 Å². The van der Waals surface area contributed by atoms with Gasteiger partial charge in [0.05, 0.1) is 18.8 Å². The minimum Gasteiger partial charge on any atom is -0.395 e. The first-order valence-electron chi connectivity index (χ1n) is 7.23. The van der Waals surface area contributed by atoms with Crippen LogP contribution in [0.25, 0.3) is 0 Å². The van der Waals surface area contributed by atoms with E-state index in [4.69, 9.17) is 9.84 Å². The molecule has 2 rings (SSSR count). The number of carbonyl (C=O) groups excluding carboxylic acids is 1. The van der Waals surface area contributed by atoms with Crippen molar-refractivity contribution in [1.29, 1.82) is 0 Å². The van der Waals surface area contributed by atoms with Crippen LogP contribution in [0.15, 0.2) is 24.3 Å². The molecular weight excluding hydrogens is 266 g/mol. The Hall–Kier alpha value is -1.83. The molecule has 0 spiro atoms. The minimum absolute atomic E-state index is 0.0636. The molecule has 0 bridgehead atoms. The summed E-state index contributed by atoms with van der Waals surface area (Å²) in [7, 11) is 0. The molecule has 1 aliphatic heterocycles. The zero-order valence-electron chi connectivity index (χ0n) is 12.3. The number of aliphatic hydroxyl groups excluding tert-OH is 1. The van der Waals surface area contributed by atoms with E-state index < -0.39 is 0 Å². The maximum absolute atomic E-state index is 12.3. The van der Waals surface area contributed by atoms with Crippen molar-refractivity contribution >= 4 is 5.91 Å². The Labute approximate surface area is 125 Å². The van der Waals surface area contributed by atoms with Crippen molar-refractivity contribution in [2.24, 2.45) is 0 Å². The molecule has 0 aromatic heterocycles. The molecule has 1 atom stereocenters. The van der Waals surface area contributed by atoms with Gasteiger partial charge in [0, 0.05) is 24.2 Å². The second kappa shape index (κ2) is 7.26. The largest absolute Gasteiger partial charge is 0.395 e. The number of aliphatic hydroxyl groups is 1. The lowest BCUT2D eigenvalue weighted by Crippen LogP contribution is -2.51. The Bertz CT molecular complexity index is 533. The summed E-state index contributed by atoms with van der Waals surface area (Å²) in [6, 6.07) is 7.18. The summed E-state index contributed by atoms with van der Waals surface area (Å²) in [5.74, 6) is 5.71. The molecule has 1 aromatic carbocycles. The van der Waals surface area contributed by atoms with Crippen molar-refractivity contribution in [3.8, 4) is 11.8 Å². The number of rotatable bonds is 3. The number of carbonyl (C=O) groups is 1. The standard InChI is InChI=1S/C17H21NO3/c1-17(10-4-12-21-13-17)18-16(20)15-8-6-14(7-9-15)5-2-3-11-19/h6-9,19H,3-4,10-13H2,1H3,(H,18,20). The Morgan fingerprint density at radius 3 is 2.81 bits per heavy atom. The second-order valence-electron chi connectivity index (χ2n) is 5.52. The molecule has 4 heteroatoms. The van der Waals surface area contributed by atoms with E-state index in [1.165, 1.54) is 0 Å². The van der Waals surface area contributed by atoms with Gasteiger partial charge in [0.1, 0.15) is 0 Å². The lowest BCUT2D eigenvalue weighted by Gasteiger charge is -2.34. The number of ether oxygens (including phenoxy) is 1. The molecule has 1 saturated heterocycles. The van der Waals surface area contributed by atoms with Crippen LogP contribution < -0.4 is 5.32 Å². The normalized spacial score (nSPS) is 21.2. The van der Waals surface area contributed by atoms with Crippen LogP contribution in [0.5, 0.6) is 0 Å². The van der Waals surface area contributed by atoms with Crippen LogP contribution in [0.4, 0.5) is 0 Å². The van der Waals surface area contributed by atoms with Gasteiger partial charge in [-0.25, -0.2) is 0 Å². The van der Waals surface area contributed by atoms with E-state index in [1.54, 1.807) is 12.1 Å². The average molecular weight is 287 g/mol. The van der Waals surface area contributed by atoms with Crippen LogP contribution >= 0.6 is 0 Å². The predicted molar refractivity (Wildman–Crippen MR) is 80.9 cm³/mol. The monoisotopic (exact) mass is 287 g/mol. The number of hydrogen-bond donors (Lipinski definition) is 2. The molecule has 1 aliphatic rings. The van der Waals surface area contributed by atoms with Gasteiger partial charge in [0.2, 0.25) is 0 Å². The summed E-state index contributed by atoms with van der Waals surface area (Å²) in [5, 5.41) is 11.7. The van der Waals surface area contributed by atoms with E-state index >= 15 is 0 Å². The van der Waals surface area contributed by atoms with Crippen molar-refractivity contribution < 1.29 is 14.6 Å². The maximum atomic E-state index is 12.3. The smallest absolute Gasteiger partial charge is 0.251 e. The fourth-order valence-electron chi connectivity index (χ4n) is 2.30. The van der Waals surface area contributed by atoms with Gasteiger partial charge in [-0.1, -0.05) is 11.8 Å². The molecule has 1 fully saturated rings. The summed E-state index contributed by atoms with van der Waals surface area (Å²) in [6.45, 7) is 3.41. The van der Waals surface area contributed by atoms with Crippen LogP contribution in [-0.4, -0.2) is 36.4 Å². The van der Waals surface area contributed by atoms with Crippen molar-refractivity contribution in [2.75, 3.05) is 19.8 Å². The van der Waals surface area contributed by atoms with E-state index in [0.717, 1.165) is 25.0 Å². The number of benzene rings is 1. The molecule has 0 saturated carbocycles. The van der Waals surface area contributed by atoms with Crippen LogP contribution in [0.1, 0.15) is 42.1 Å². The highest BCUT2D eigenvalue weighted by atomic mass is 16.5. The molecule has 112 valence electrons. The molecule has 1 heterocycles. The number of hydrogen-bond acceptors (Lipinski definition) is 3. The lowest BCUT2D eigenvalue weighted by atomic mass is 9.94. The van der Waals surface area contributed by atoms with Gasteiger partial charge < -0.3 is 15.2 Å². The zero-order chi connectivity index (χ0) is 15.1. The van der Waals surface area contributed by atoms with E-state index in [0.29, 0.717) is 18.6 Å². The molecule has 2 N–H and O–H groups in total. The first kappa shape index (κ1) is 15.6. The fraction of sp³-hybridized carbons (Fsp3) is 0.471. The van der Waals surface area contributed by atoms with Crippen molar-refractivity contribution in [3.63, 3.8) is 0 Å². The predicted octanol–water partition coefficient (Wildman–Crippen LogP) is 1.72. The quantitative estimate of drug-likeness (QED) is 0.832. The summed E-state index contributed by atoms with van der Waals surface area (Å²) in [4.78, 5) is 12.3. The second-order valence-corrected chi connectivity index (χ2v) is 5.52. The fourth-order valence-corrected chi connectivity index (χ4v) is 2.30. The first-order valence-corrected chi connectivity index (χ1v) is 7.23. The number of amides is 1. The molecule has 21 heavy (non-hydrogen) atoms. The molecule has 1 unspecified atom stereocenters. The highest BCUT2D eigenvalue weighted by molar-refractivity contribution is 5.94. The molecule has 0 radical (unpaired) electrons. The summed E-state index contributed by atoms with van der Waals surface area (Å²) in [6.07, 6.45) is 2.36. The highest BCUT2D eigenvalue weighted by Crippen LogP contribution is 2.19. The van der Waals surface area contributed by atoms with E-state index in [1.807, 2.05) is 19.1 Å². The third-order valence-electron chi connectivity index (χ3n) is 3.47. The van der Waals surface area contributed by atoms with E-state index in [-0.39, 0.29) is 18.1 Å². The van der Waals surface area contributed by atoms with Crippen molar-refractivity contribution in [1.82, 2.24) is 5.32 Å². The van der Waals surface area contributed by atoms with Gasteiger partial charge in [-0.05, 0) is 44.0 Å². The van der Waals surface area contributed by atoms with E-state index in [2.05, 4.69) is 17.2 Å². The topological polar surface area (TPSA) is 58.6 Å². The lowest BCUT2D eigenvalue weighted by molar-refractivity contribution is 0.0272. The van der Waals surface area contributed by atoms with Crippen molar-refractivity contribution in [3.05, 3.63) is 35.4 Å². The molecular formula is C17H21NO3. The first-order chi connectivity index (χ1) is 10.1. The third-order valence-corrected chi connectivity index (χ3v) is 3.47.